The fourth-order valence-corrected chi connectivity index (χ4v) is 4.89. The average molecular weight is 421 g/mol. The second kappa shape index (κ2) is 7.30. The lowest BCUT2D eigenvalue weighted by atomic mass is 9.74. The number of halogens is 1. The third-order valence-corrected chi connectivity index (χ3v) is 6.68. The van der Waals surface area contributed by atoms with E-state index in [4.69, 9.17) is 5.73 Å². The molecular formula is C22H24FN7O. The highest BCUT2D eigenvalue weighted by Crippen LogP contribution is 2.48. The monoisotopic (exact) mass is 421 g/mol. The van der Waals surface area contributed by atoms with Crippen LogP contribution in [-0.2, 0) is 12.1 Å². The molecule has 31 heavy (non-hydrogen) atoms. The number of nitrogens with zero attached hydrogens (tertiary/aromatic N) is 4. The van der Waals surface area contributed by atoms with Crippen LogP contribution >= 0.6 is 0 Å². The van der Waals surface area contributed by atoms with Gasteiger partial charge in [-0.25, -0.2) is 9.37 Å². The number of nitriles is 1. The molecule has 5 rings (SSSR count). The second-order valence-electron chi connectivity index (χ2n) is 8.39. The Kier molecular flexibility index (Phi) is 4.58. The number of hydrogen-bond donors (Lipinski definition) is 3. The number of nitrogens with one attached hydrogen (secondary N) is 2. The van der Waals surface area contributed by atoms with Crippen LogP contribution in [0.5, 0.6) is 0 Å². The minimum Gasteiger partial charge on any atom is -0.396 e. The van der Waals surface area contributed by atoms with Gasteiger partial charge >= 0.3 is 0 Å². The first-order valence-electron chi connectivity index (χ1n) is 10.6. The Morgan fingerprint density at radius 1 is 1.39 bits per heavy atom. The second-order valence-corrected chi connectivity index (χ2v) is 8.39. The Bertz CT molecular complexity index is 1250. The van der Waals surface area contributed by atoms with Crippen LogP contribution in [0.2, 0.25) is 0 Å². The SMILES string of the molecule is N#Cc1cn2c3c(c(NCCCn4ccnc4)c(F)c(N)c3c1=O)NCCC21CCC1. The van der Waals surface area contributed by atoms with E-state index in [-0.39, 0.29) is 27.9 Å². The summed E-state index contributed by atoms with van der Waals surface area (Å²) in [5.74, 6) is -0.652. The van der Waals surface area contributed by atoms with Crippen molar-refractivity contribution in [3.63, 3.8) is 0 Å². The molecule has 1 aliphatic carbocycles. The van der Waals surface area contributed by atoms with Crippen molar-refractivity contribution >= 4 is 28.0 Å². The Morgan fingerprint density at radius 2 is 2.23 bits per heavy atom. The van der Waals surface area contributed by atoms with Gasteiger partial charge in [-0.15, -0.1) is 0 Å². The predicted octanol–water partition coefficient (Wildman–Crippen LogP) is 2.99. The predicted molar refractivity (Wildman–Crippen MR) is 118 cm³/mol. The van der Waals surface area contributed by atoms with Gasteiger partial charge in [-0.3, -0.25) is 4.79 Å². The van der Waals surface area contributed by atoms with Crippen molar-refractivity contribution in [2.75, 3.05) is 29.5 Å². The topological polar surface area (TPSA) is 114 Å². The molecule has 1 saturated carbocycles. The molecule has 2 aromatic heterocycles. The Morgan fingerprint density at radius 3 is 2.90 bits per heavy atom. The third kappa shape index (κ3) is 2.93. The number of benzene rings is 1. The first-order valence-corrected chi connectivity index (χ1v) is 10.6. The lowest BCUT2D eigenvalue weighted by Gasteiger charge is -2.44. The molecule has 0 radical (unpaired) electrons. The van der Waals surface area contributed by atoms with E-state index in [9.17, 15) is 10.1 Å². The van der Waals surface area contributed by atoms with Crippen molar-refractivity contribution in [2.24, 2.45) is 0 Å². The summed E-state index contributed by atoms with van der Waals surface area (Å²) in [4.78, 5) is 17.0. The van der Waals surface area contributed by atoms with Gasteiger partial charge in [-0.05, 0) is 32.1 Å². The van der Waals surface area contributed by atoms with E-state index < -0.39 is 11.2 Å². The molecule has 0 bridgehead atoms. The highest BCUT2D eigenvalue weighted by molar-refractivity contribution is 6.05. The molecular weight excluding hydrogens is 397 g/mol. The van der Waals surface area contributed by atoms with Gasteiger partial charge in [0.15, 0.2) is 5.82 Å². The number of fused-ring (bicyclic) bond motifs is 1. The number of aryl methyl sites for hydroxylation is 1. The quantitative estimate of drug-likeness (QED) is 0.431. The minimum atomic E-state index is -0.652. The zero-order valence-electron chi connectivity index (χ0n) is 17.1. The van der Waals surface area contributed by atoms with Gasteiger partial charge in [0.05, 0.1) is 34.3 Å². The van der Waals surface area contributed by atoms with Crippen LogP contribution in [0, 0.1) is 17.1 Å². The molecule has 1 fully saturated rings. The molecule has 0 unspecified atom stereocenters. The van der Waals surface area contributed by atoms with Crippen LogP contribution in [0.25, 0.3) is 10.9 Å². The van der Waals surface area contributed by atoms with Crippen LogP contribution in [-0.4, -0.2) is 27.2 Å². The summed E-state index contributed by atoms with van der Waals surface area (Å²) < 4.78 is 19.4. The number of nitrogens with two attached hydrogens (primary N) is 1. The van der Waals surface area contributed by atoms with E-state index in [0.29, 0.717) is 24.3 Å². The maximum absolute atomic E-state index is 15.4. The molecule has 2 aliphatic rings. The zero-order valence-corrected chi connectivity index (χ0v) is 17.1. The highest BCUT2D eigenvalue weighted by Gasteiger charge is 2.41. The van der Waals surface area contributed by atoms with Gasteiger partial charge in [0.1, 0.15) is 11.6 Å². The van der Waals surface area contributed by atoms with Crippen molar-refractivity contribution in [2.45, 2.75) is 44.2 Å². The van der Waals surface area contributed by atoms with Crippen LogP contribution in [0.1, 0.15) is 37.7 Å². The third-order valence-electron chi connectivity index (χ3n) is 6.68. The minimum absolute atomic E-state index is 0.00114. The van der Waals surface area contributed by atoms with E-state index >= 15 is 4.39 Å². The normalized spacial score (nSPS) is 16.4. The lowest BCUT2D eigenvalue weighted by molar-refractivity contribution is 0.141. The summed E-state index contributed by atoms with van der Waals surface area (Å²) in [5.41, 5.74) is 6.70. The average Bonchev–Trinajstić information content (AvgIpc) is 3.19. The molecule has 160 valence electrons. The van der Waals surface area contributed by atoms with Gasteiger partial charge < -0.3 is 25.5 Å². The summed E-state index contributed by atoms with van der Waals surface area (Å²) >= 11 is 0. The van der Waals surface area contributed by atoms with E-state index in [1.807, 2.05) is 21.4 Å². The molecule has 3 aromatic rings. The number of pyridine rings is 1. The number of hydrogen-bond acceptors (Lipinski definition) is 6. The smallest absolute Gasteiger partial charge is 0.209 e. The fourth-order valence-electron chi connectivity index (χ4n) is 4.89. The van der Waals surface area contributed by atoms with Gasteiger partial charge in [-0.1, -0.05) is 0 Å². The molecule has 0 atom stereocenters. The molecule has 8 nitrogen and oxygen atoms in total. The van der Waals surface area contributed by atoms with Crippen molar-refractivity contribution in [1.82, 2.24) is 14.1 Å². The summed E-state index contributed by atoms with van der Waals surface area (Å²) in [6, 6.07) is 1.97. The Balaban J connectivity index is 1.63. The zero-order chi connectivity index (χ0) is 21.6. The lowest BCUT2D eigenvalue weighted by Crippen LogP contribution is -2.41. The van der Waals surface area contributed by atoms with E-state index in [1.54, 1.807) is 18.7 Å². The molecule has 0 amide bonds. The van der Waals surface area contributed by atoms with Gasteiger partial charge in [0, 0.05) is 43.8 Å². The number of imidazole rings is 1. The number of anilines is 3. The first-order chi connectivity index (χ1) is 15.1. The number of rotatable bonds is 5. The summed E-state index contributed by atoms with van der Waals surface area (Å²) in [7, 11) is 0. The largest absolute Gasteiger partial charge is 0.396 e. The molecule has 4 N–H and O–H groups in total. The Labute approximate surface area is 178 Å². The van der Waals surface area contributed by atoms with E-state index in [2.05, 4.69) is 15.6 Å². The maximum Gasteiger partial charge on any atom is 0.209 e. The van der Waals surface area contributed by atoms with E-state index in [1.165, 1.54) is 0 Å². The van der Waals surface area contributed by atoms with Crippen molar-refractivity contribution in [3.8, 4) is 6.07 Å². The molecule has 3 heterocycles. The maximum atomic E-state index is 15.4. The fraction of sp³-hybridized carbons (Fsp3) is 0.409. The molecule has 1 aliphatic heterocycles. The van der Waals surface area contributed by atoms with E-state index in [0.717, 1.165) is 38.6 Å². The highest BCUT2D eigenvalue weighted by atomic mass is 19.1. The molecule has 9 heteroatoms. The Hall–Kier alpha value is -3.54. The van der Waals surface area contributed by atoms with Crippen LogP contribution in [0.4, 0.5) is 21.5 Å². The van der Waals surface area contributed by atoms with Crippen molar-refractivity contribution < 1.29 is 4.39 Å². The van der Waals surface area contributed by atoms with Gasteiger partial charge in [-0.2, -0.15) is 5.26 Å². The molecule has 0 saturated heterocycles. The number of nitrogen functional groups attached to an aromatic ring is 1. The summed E-state index contributed by atoms with van der Waals surface area (Å²) in [6.07, 6.45) is 11.6. The van der Waals surface area contributed by atoms with Crippen LogP contribution < -0.4 is 21.8 Å². The number of aromatic nitrogens is 3. The summed E-state index contributed by atoms with van der Waals surface area (Å²) in [5, 5.41) is 16.2. The molecule has 1 aromatic carbocycles. The van der Waals surface area contributed by atoms with Crippen molar-refractivity contribution in [3.05, 3.63) is 46.5 Å². The molecule has 1 spiro atoms. The van der Waals surface area contributed by atoms with Gasteiger partial charge in [0.25, 0.3) is 0 Å². The van der Waals surface area contributed by atoms with Crippen molar-refractivity contribution in [1.29, 1.82) is 5.26 Å². The standard InChI is InChI=1S/C22H24FN7O/c23-16-17(25)15-20-19(18(16)27-6-2-9-29-10-8-26-13-29)28-7-5-22(3-1-4-22)30(20)12-14(11-24)21(15)31/h8,10,12-13,27-28H,1-7,9,25H2. The van der Waals surface area contributed by atoms with Crippen LogP contribution in [0.15, 0.2) is 29.7 Å². The van der Waals surface area contributed by atoms with Gasteiger partial charge in [0.2, 0.25) is 5.43 Å². The summed E-state index contributed by atoms with van der Waals surface area (Å²) in [6.45, 7) is 1.93. The first kappa shape index (κ1) is 19.4. The van der Waals surface area contributed by atoms with Crippen LogP contribution in [0.3, 0.4) is 0 Å².